The fourth-order valence-electron chi connectivity index (χ4n) is 1.25. The molecular formula is C11H11Cl2NO2. The smallest absolute Gasteiger partial charge is 0.289 e. The van der Waals surface area contributed by atoms with Crippen molar-refractivity contribution in [1.82, 2.24) is 4.90 Å². The van der Waals surface area contributed by atoms with Crippen molar-refractivity contribution in [2.75, 3.05) is 7.05 Å². The largest absolute Gasteiger partial charge is 0.335 e. The van der Waals surface area contributed by atoms with Gasteiger partial charge in [0.2, 0.25) is 5.78 Å². The molecule has 0 fully saturated rings. The molecule has 0 aliphatic heterocycles. The van der Waals surface area contributed by atoms with Gasteiger partial charge in [-0.2, -0.15) is 0 Å². The van der Waals surface area contributed by atoms with E-state index >= 15 is 0 Å². The summed E-state index contributed by atoms with van der Waals surface area (Å²) in [5.74, 6) is -1.03. The summed E-state index contributed by atoms with van der Waals surface area (Å²) in [5.41, 5.74) is 0.753. The molecule has 86 valence electrons. The van der Waals surface area contributed by atoms with Crippen molar-refractivity contribution in [2.45, 2.75) is 13.5 Å². The van der Waals surface area contributed by atoms with Crippen LogP contribution in [0.4, 0.5) is 0 Å². The highest BCUT2D eigenvalue weighted by atomic mass is 35.5. The van der Waals surface area contributed by atoms with Gasteiger partial charge < -0.3 is 4.90 Å². The van der Waals surface area contributed by atoms with Crippen LogP contribution in [0, 0.1) is 0 Å². The first kappa shape index (κ1) is 13.0. The van der Waals surface area contributed by atoms with E-state index in [4.69, 9.17) is 23.2 Å². The van der Waals surface area contributed by atoms with Crippen molar-refractivity contribution in [3.05, 3.63) is 33.8 Å². The number of carbonyl (C=O) groups is 2. The summed E-state index contributed by atoms with van der Waals surface area (Å²) in [5, 5.41) is 1.02. The summed E-state index contributed by atoms with van der Waals surface area (Å²) in [7, 11) is 1.55. The molecule has 0 radical (unpaired) electrons. The predicted octanol–water partition coefficient (Wildman–Crippen LogP) is 2.54. The molecule has 0 saturated heterocycles. The number of Topliss-reactive ketones (excluding diaryl/α,β-unsaturated/α-hetero) is 1. The molecular weight excluding hydrogens is 249 g/mol. The van der Waals surface area contributed by atoms with E-state index in [1.54, 1.807) is 25.2 Å². The average Bonchev–Trinajstić information content (AvgIpc) is 2.20. The van der Waals surface area contributed by atoms with Gasteiger partial charge in [-0.15, -0.1) is 0 Å². The van der Waals surface area contributed by atoms with Crippen molar-refractivity contribution >= 4 is 34.9 Å². The van der Waals surface area contributed by atoms with Gasteiger partial charge in [-0.25, -0.2) is 0 Å². The first-order chi connectivity index (χ1) is 7.41. The van der Waals surface area contributed by atoms with Crippen molar-refractivity contribution in [3.8, 4) is 0 Å². The fraction of sp³-hybridized carbons (Fsp3) is 0.273. The highest BCUT2D eigenvalue weighted by Crippen LogP contribution is 2.21. The van der Waals surface area contributed by atoms with Crippen LogP contribution in [-0.2, 0) is 16.1 Å². The number of rotatable bonds is 3. The van der Waals surface area contributed by atoms with E-state index in [9.17, 15) is 9.59 Å². The van der Waals surface area contributed by atoms with Crippen molar-refractivity contribution in [2.24, 2.45) is 0 Å². The van der Waals surface area contributed by atoms with Crippen LogP contribution in [0.1, 0.15) is 12.5 Å². The lowest BCUT2D eigenvalue weighted by Gasteiger charge is -2.16. The molecule has 3 nitrogen and oxygen atoms in total. The third kappa shape index (κ3) is 3.22. The summed E-state index contributed by atoms with van der Waals surface area (Å²) < 4.78 is 0. The summed E-state index contributed by atoms with van der Waals surface area (Å²) in [6.45, 7) is 1.52. The van der Waals surface area contributed by atoms with Crippen LogP contribution in [-0.4, -0.2) is 23.6 Å². The standard InChI is InChI=1S/C11H11Cl2NO2/c1-7(15)11(16)14(2)6-8-3-4-9(12)5-10(8)13/h3-5H,6H2,1-2H3. The van der Waals surface area contributed by atoms with E-state index in [0.29, 0.717) is 10.0 Å². The van der Waals surface area contributed by atoms with E-state index in [0.717, 1.165) is 5.56 Å². The molecule has 0 aliphatic carbocycles. The SMILES string of the molecule is CC(=O)C(=O)N(C)Cc1ccc(Cl)cc1Cl. The van der Waals surface area contributed by atoms with Crippen LogP contribution < -0.4 is 0 Å². The third-order valence-electron chi connectivity index (χ3n) is 2.07. The number of hydrogen-bond donors (Lipinski definition) is 0. The molecule has 0 unspecified atom stereocenters. The monoisotopic (exact) mass is 259 g/mol. The maximum Gasteiger partial charge on any atom is 0.289 e. The normalized spacial score (nSPS) is 10.0. The van der Waals surface area contributed by atoms with Gasteiger partial charge in [-0.3, -0.25) is 9.59 Å². The van der Waals surface area contributed by atoms with Gasteiger partial charge in [0.15, 0.2) is 0 Å². The van der Waals surface area contributed by atoms with Gasteiger partial charge in [0.1, 0.15) is 0 Å². The van der Waals surface area contributed by atoms with Gasteiger partial charge in [0.25, 0.3) is 5.91 Å². The molecule has 0 bridgehead atoms. The third-order valence-corrected chi connectivity index (χ3v) is 2.66. The number of ketones is 1. The molecule has 1 aromatic rings. The number of amides is 1. The van der Waals surface area contributed by atoms with E-state index in [2.05, 4.69) is 0 Å². The minimum Gasteiger partial charge on any atom is -0.335 e. The Morgan fingerprint density at radius 1 is 1.31 bits per heavy atom. The Morgan fingerprint density at radius 2 is 1.94 bits per heavy atom. The summed E-state index contributed by atoms with van der Waals surface area (Å²) >= 11 is 11.7. The molecule has 0 atom stereocenters. The topological polar surface area (TPSA) is 37.4 Å². The predicted molar refractivity (Wildman–Crippen MR) is 63.6 cm³/mol. The zero-order valence-corrected chi connectivity index (χ0v) is 10.5. The average molecular weight is 260 g/mol. The molecule has 1 amide bonds. The van der Waals surface area contributed by atoms with E-state index in [1.807, 2.05) is 0 Å². The quantitative estimate of drug-likeness (QED) is 0.783. The zero-order chi connectivity index (χ0) is 12.3. The number of halogens is 2. The molecule has 0 aromatic heterocycles. The zero-order valence-electron chi connectivity index (χ0n) is 8.96. The number of benzene rings is 1. The molecule has 0 N–H and O–H groups in total. The van der Waals surface area contributed by atoms with Crippen LogP contribution in [0.25, 0.3) is 0 Å². The van der Waals surface area contributed by atoms with Crippen molar-refractivity contribution in [3.63, 3.8) is 0 Å². The van der Waals surface area contributed by atoms with Gasteiger partial charge in [0.05, 0.1) is 0 Å². The Bertz CT molecular complexity index is 432. The Morgan fingerprint density at radius 3 is 2.44 bits per heavy atom. The Labute approximate surface area is 104 Å². The highest BCUT2D eigenvalue weighted by Gasteiger charge is 2.15. The lowest BCUT2D eigenvalue weighted by molar-refractivity contribution is -0.143. The number of nitrogens with zero attached hydrogens (tertiary/aromatic N) is 1. The summed E-state index contributed by atoms with van der Waals surface area (Å²) in [4.78, 5) is 23.5. The maximum absolute atomic E-state index is 11.3. The lowest BCUT2D eigenvalue weighted by atomic mass is 10.2. The first-order valence-corrected chi connectivity index (χ1v) is 5.37. The van der Waals surface area contributed by atoms with Crippen LogP contribution in [0.3, 0.4) is 0 Å². The van der Waals surface area contributed by atoms with Crippen LogP contribution in [0.2, 0.25) is 10.0 Å². The molecule has 1 aromatic carbocycles. The molecule has 1 rings (SSSR count). The summed E-state index contributed by atoms with van der Waals surface area (Å²) in [6.07, 6.45) is 0. The van der Waals surface area contributed by atoms with Gasteiger partial charge in [0, 0.05) is 30.6 Å². The Hall–Kier alpha value is -1.06. The number of carbonyl (C=O) groups excluding carboxylic acids is 2. The minimum atomic E-state index is -0.536. The number of likely N-dealkylation sites (N-methyl/N-ethyl adjacent to an activating group) is 1. The lowest BCUT2D eigenvalue weighted by Crippen LogP contribution is -2.31. The van der Waals surface area contributed by atoms with E-state index in [-0.39, 0.29) is 6.54 Å². The second-order valence-corrected chi connectivity index (χ2v) is 4.30. The molecule has 0 heterocycles. The molecule has 0 spiro atoms. The number of hydrogen-bond acceptors (Lipinski definition) is 2. The van der Waals surface area contributed by atoms with Gasteiger partial charge in [-0.05, 0) is 17.7 Å². The fourth-order valence-corrected chi connectivity index (χ4v) is 1.71. The van der Waals surface area contributed by atoms with Crippen LogP contribution >= 0.6 is 23.2 Å². The molecule has 16 heavy (non-hydrogen) atoms. The molecule has 0 saturated carbocycles. The second-order valence-electron chi connectivity index (χ2n) is 3.45. The van der Waals surface area contributed by atoms with Gasteiger partial charge >= 0.3 is 0 Å². The first-order valence-electron chi connectivity index (χ1n) is 4.61. The molecule has 5 heteroatoms. The van der Waals surface area contributed by atoms with Crippen molar-refractivity contribution < 1.29 is 9.59 Å². The second kappa shape index (κ2) is 5.32. The Kier molecular flexibility index (Phi) is 4.33. The van der Waals surface area contributed by atoms with Crippen molar-refractivity contribution in [1.29, 1.82) is 0 Å². The summed E-state index contributed by atoms with van der Waals surface area (Å²) in [6, 6.07) is 5.02. The maximum atomic E-state index is 11.3. The Balaban J connectivity index is 2.81. The van der Waals surface area contributed by atoms with E-state index < -0.39 is 11.7 Å². The highest BCUT2D eigenvalue weighted by molar-refractivity contribution is 6.35. The van der Waals surface area contributed by atoms with Gasteiger partial charge in [-0.1, -0.05) is 29.3 Å². The van der Waals surface area contributed by atoms with E-state index in [1.165, 1.54) is 11.8 Å². The molecule has 0 aliphatic rings. The van der Waals surface area contributed by atoms with Crippen LogP contribution in [0.15, 0.2) is 18.2 Å². The minimum absolute atomic E-state index is 0.286. The van der Waals surface area contributed by atoms with Crippen LogP contribution in [0.5, 0.6) is 0 Å².